The zero-order valence-corrected chi connectivity index (χ0v) is 20.1. The van der Waals surface area contributed by atoms with Gasteiger partial charge >= 0.3 is 0 Å². The van der Waals surface area contributed by atoms with Gasteiger partial charge in [0, 0.05) is 18.4 Å². The Morgan fingerprint density at radius 2 is 1.46 bits per heavy atom. The average Bonchev–Trinajstić information content (AvgIpc) is 2.89. The molecule has 0 radical (unpaired) electrons. The Morgan fingerprint density at radius 1 is 0.800 bits per heavy atom. The molecular formula is C28H26N2O4S. The molecule has 0 aliphatic heterocycles. The maximum absolute atomic E-state index is 13.4. The van der Waals surface area contributed by atoms with E-state index in [-0.39, 0.29) is 17.3 Å². The van der Waals surface area contributed by atoms with Crippen molar-refractivity contribution >= 4 is 27.3 Å². The number of ether oxygens (including phenoxy) is 1. The molecule has 6 nitrogen and oxygen atoms in total. The molecule has 4 rings (SSSR count). The van der Waals surface area contributed by atoms with E-state index in [9.17, 15) is 13.2 Å². The van der Waals surface area contributed by atoms with Crippen molar-refractivity contribution in [3.8, 4) is 0 Å². The third-order valence-electron chi connectivity index (χ3n) is 5.41. The Balaban J connectivity index is 1.54. The molecule has 0 aliphatic rings. The number of hydrogen-bond donors (Lipinski definition) is 1. The summed E-state index contributed by atoms with van der Waals surface area (Å²) in [4.78, 5) is 13.0. The van der Waals surface area contributed by atoms with Crippen LogP contribution >= 0.6 is 0 Å². The van der Waals surface area contributed by atoms with Crippen LogP contribution in [0.2, 0.25) is 0 Å². The van der Waals surface area contributed by atoms with Crippen LogP contribution in [-0.4, -0.2) is 21.4 Å². The van der Waals surface area contributed by atoms with E-state index in [4.69, 9.17) is 4.74 Å². The number of para-hydroxylation sites is 1. The fourth-order valence-electron chi connectivity index (χ4n) is 3.67. The summed E-state index contributed by atoms with van der Waals surface area (Å²) in [6.45, 7) is 0.588. The first kappa shape index (κ1) is 24.2. The number of carbonyl (C=O) groups is 1. The van der Waals surface area contributed by atoms with Crippen LogP contribution in [-0.2, 0) is 27.9 Å². The second kappa shape index (κ2) is 11.0. The van der Waals surface area contributed by atoms with E-state index in [1.807, 2.05) is 30.3 Å². The van der Waals surface area contributed by atoms with E-state index >= 15 is 0 Å². The van der Waals surface area contributed by atoms with Gasteiger partial charge in [-0.25, -0.2) is 8.42 Å². The number of anilines is 2. The number of amides is 1. The first-order chi connectivity index (χ1) is 17.0. The van der Waals surface area contributed by atoms with Gasteiger partial charge < -0.3 is 10.1 Å². The molecule has 7 heteroatoms. The molecule has 0 fully saturated rings. The summed E-state index contributed by atoms with van der Waals surface area (Å²) in [5.41, 5.74) is 3.43. The van der Waals surface area contributed by atoms with Crippen LogP contribution in [0.5, 0.6) is 0 Å². The number of methoxy groups -OCH3 is 1. The van der Waals surface area contributed by atoms with Gasteiger partial charge in [0.2, 0.25) is 0 Å². The molecular weight excluding hydrogens is 460 g/mol. The topological polar surface area (TPSA) is 75.7 Å². The number of nitrogens with zero attached hydrogens (tertiary/aromatic N) is 1. The monoisotopic (exact) mass is 486 g/mol. The lowest BCUT2D eigenvalue weighted by Crippen LogP contribution is -2.30. The third-order valence-corrected chi connectivity index (χ3v) is 7.20. The molecule has 0 aliphatic carbocycles. The van der Waals surface area contributed by atoms with Gasteiger partial charge in [0.15, 0.2) is 0 Å². The number of benzene rings is 4. The van der Waals surface area contributed by atoms with Gasteiger partial charge in [0.1, 0.15) is 0 Å². The van der Waals surface area contributed by atoms with E-state index < -0.39 is 10.0 Å². The molecule has 0 heterocycles. The maximum Gasteiger partial charge on any atom is 0.264 e. The summed E-state index contributed by atoms with van der Waals surface area (Å²) in [7, 11) is -2.16. The van der Waals surface area contributed by atoms with Crippen molar-refractivity contribution in [2.45, 2.75) is 18.0 Å². The summed E-state index contributed by atoms with van der Waals surface area (Å²) in [5, 5.41) is 2.89. The fraction of sp³-hybridized carbons (Fsp3) is 0.107. The van der Waals surface area contributed by atoms with Gasteiger partial charge in [-0.2, -0.15) is 0 Å². The maximum atomic E-state index is 13.4. The molecule has 0 unspecified atom stereocenters. The van der Waals surface area contributed by atoms with Crippen molar-refractivity contribution in [1.82, 2.24) is 0 Å². The van der Waals surface area contributed by atoms with Gasteiger partial charge in [-0.15, -0.1) is 0 Å². The number of nitrogens with one attached hydrogen (secondary N) is 1. The number of sulfonamides is 1. The Hall–Kier alpha value is -3.94. The van der Waals surface area contributed by atoms with Crippen molar-refractivity contribution < 1.29 is 17.9 Å². The van der Waals surface area contributed by atoms with Crippen LogP contribution in [0.1, 0.15) is 21.5 Å². The first-order valence-corrected chi connectivity index (χ1v) is 12.5. The third kappa shape index (κ3) is 5.95. The van der Waals surface area contributed by atoms with Crippen LogP contribution in [0, 0.1) is 0 Å². The molecule has 178 valence electrons. The highest BCUT2D eigenvalue weighted by atomic mass is 32.2. The molecule has 0 atom stereocenters. The summed E-state index contributed by atoms with van der Waals surface area (Å²) in [6, 6.07) is 31.7. The van der Waals surface area contributed by atoms with Gasteiger partial charge in [0.25, 0.3) is 15.9 Å². The lowest BCUT2D eigenvalue weighted by atomic mass is 10.1. The summed E-state index contributed by atoms with van der Waals surface area (Å²) < 4.78 is 33.4. The highest BCUT2D eigenvalue weighted by Crippen LogP contribution is 2.26. The van der Waals surface area contributed by atoms with Gasteiger partial charge in [-0.3, -0.25) is 9.10 Å². The van der Waals surface area contributed by atoms with Crippen LogP contribution < -0.4 is 9.62 Å². The number of hydrogen-bond acceptors (Lipinski definition) is 4. The Kier molecular flexibility index (Phi) is 7.60. The van der Waals surface area contributed by atoms with E-state index in [1.54, 1.807) is 86.0 Å². The second-order valence-electron chi connectivity index (χ2n) is 7.94. The molecule has 0 saturated heterocycles. The lowest BCUT2D eigenvalue weighted by molar-refractivity contribution is 0.102. The van der Waals surface area contributed by atoms with Crippen molar-refractivity contribution in [1.29, 1.82) is 0 Å². The van der Waals surface area contributed by atoms with Crippen molar-refractivity contribution in [3.63, 3.8) is 0 Å². The molecule has 1 amide bonds. The normalized spacial score (nSPS) is 11.1. The SMILES string of the molecule is COCc1cccc(NC(=O)c2ccc(CN(c3ccccc3)S(=O)(=O)c3ccccc3)cc2)c1. The molecule has 0 saturated carbocycles. The Morgan fingerprint density at radius 3 is 2.11 bits per heavy atom. The van der Waals surface area contributed by atoms with Gasteiger partial charge in [-0.1, -0.05) is 60.7 Å². The Labute approximate surface area is 205 Å². The van der Waals surface area contributed by atoms with Crippen molar-refractivity contribution in [2.75, 3.05) is 16.7 Å². The van der Waals surface area contributed by atoms with Gasteiger partial charge in [-0.05, 0) is 59.7 Å². The van der Waals surface area contributed by atoms with E-state index in [0.717, 1.165) is 11.1 Å². The molecule has 0 bridgehead atoms. The summed E-state index contributed by atoms with van der Waals surface area (Å²) in [5.74, 6) is -0.247. The predicted molar refractivity (Wildman–Crippen MR) is 138 cm³/mol. The zero-order chi connectivity index (χ0) is 24.7. The standard InChI is InChI=1S/C28H26N2O4S/c1-34-21-23-9-8-10-25(19-23)29-28(31)24-17-15-22(16-18-24)20-30(26-11-4-2-5-12-26)35(32,33)27-13-6-3-7-14-27/h2-19H,20-21H2,1H3,(H,29,31). The van der Waals surface area contributed by atoms with Crippen LogP contribution in [0.3, 0.4) is 0 Å². The molecule has 4 aromatic rings. The van der Waals surface area contributed by atoms with E-state index in [2.05, 4.69) is 5.32 Å². The highest BCUT2D eigenvalue weighted by Gasteiger charge is 2.25. The molecule has 35 heavy (non-hydrogen) atoms. The second-order valence-corrected chi connectivity index (χ2v) is 9.81. The lowest BCUT2D eigenvalue weighted by Gasteiger charge is -2.25. The minimum absolute atomic E-state index is 0.127. The van der Waals surface area contributed by atoms with Crippen molar-refractivity contribution in [3.05, 3.63) is 126 Å². The van der Waals surface area contributed by atoms with Crippen molar-refractivity contribution in [2.24, 2.45) is 0 Å². The van der Waals surface area contributed by atoms with Crippen LogP contribution in [0.15, 0.2) is 114 Å². The minimum Gasteiger partial charge on any atom is -0.380 e. The van der Waals surface area contributed by atoms with Crippen LogP contribution in [0.25, 0.3) is 0 Å². The quantitative estimate of drug-likeness (QED) is 0.340. The molecule has 4 aromatic carbocycles. The molecule has 0 spiro atoms. The highest BCUT2D eigenvalue weighted by molar-refractivity contribution is 7.92. The predicted octanol–water partition coefficient (Wildman–Crippen LogP) is 5.48. The largest absolute Gasteiger partial charge is 0.380 e. The van der Waals surface area contributed by atoms with Gasteiger partial charge in [0.05, 0.1) is 23.7 Å². The molecule has 1 N–H and O–H groups in total. The summed E-state index contributed by atoms with van der Waals surface area (Å²) >= 11 is 0. The smallest absolute Gasteiger partial charge is 0.264 e. The Bertz CT molecular complexity index is 1370. The molecule has 0 aromatic heterocycles. The first-order valence-electron chi connectivity index (χ1n) is 11.1. The zero-order valence-electron chi connectivity index (χ0n) is 19.3. The van der Waals surface area contributed by atoms with E-state index in [1.165, 1.54) is 4.31 Å². The van der Waals surface area contributed by atoms with Crippen LogP contribution in [0.4, 0.5) is 11.4 Å². The summed E-state index contributed by atoms with van der Waals surface area (Å²) in [6.07, 6.45) is 0. The van der Waals surface area contributed by atoms with E-state index in [0.29, 0.717) is 23.5 Å². The number of carbonyl (C=O) groups excluding carboxylic acids is 1. The minimum atomic E-state index is -3.78. The average molecular weight is 487 g/mol. The number of rotatable bonds is 9. The fourth-order valence-corrected chi connectivity index (χ4v) is 5.14.